The van der Waals surface area contributed by atoms with Crippen molar-refractivity contribution in [2.75, 3.05) is 19.6 Å². The predicted octanol–water partition coefficient (Wildman–Crippen LogP) is 2.66. The maximum absolute atomic E-state index is 6.16. The molecule has 0 spiro atoms. The molecule has 1 aromatic rings. The van der Waals surface area contributed by atoms with Crippen LogP contribution in [0, 0.1) is 13.8 Å². The molecule has 0 saturated carbocycles. The number of aryl methyl sites for hydroxylation is 2. The molecule has 18 heavy (non-hydrogen) atoms. The summed E-state index contributed by atoms with van der Waals surface area (Å²) in [4.78, 5) is 2.55. The summed E-state index contributed by atoms with van der Waals surface area (Å²) in [5, 5.41) is 0. The van der Waals surface area contributed by atoms with Gasteiger partial charge in [-0.3, -0.25) is 0 Å². The number of likely N-dealkylation sites (tertiary alicyclic amines) is 1. The van der Waals surface area contributed by atoms with Crippen LogP contribution in [0.25, 0.3) is 0 Å². The molecule has 100 valence electrons. The maximum Gasteiger partial charge on any atom is 0.0150 e. The van der Waals surface area contributed by atoms with Gasteiger partial charge in [-0.15, -0.1) is 0 Å². The fourth-order valence-electron chi connectivity index (χ4n) is 2.69. The number of piperidine rings is 1. The number of benzene rings is 1. The van der Waals surface area contributed by atoms with E-state index in [9.17, 15) is 0 Å². The first-order chi connectivity index (χ1) is 8.46. The van der Waals surface area contributed by atoms with Gasteiger partial charge in [0.1, 0.15) is 0 Å². The third kappa shape index (κ3) is 3.56. The van der Waals surface area contributed by atoms with Crippen LogP contribution in [0.5, 0.6) is 0 Å². The van der Waals surface area contributed by atoms with Gasteiger partial charge in [0.25, 0.3) is 0 Å². The Balaban J connectivity index is 1.85. The minimum Gasteiger partial charge on any atom is -0.325 e. The smallest absolute Gasteiger partial charge is 0.0150 e. The average Bonchev–Trinajstić information content (AvgIpc) is 2.29. The summed E-state index contributed by atoms with van der Waals surface area (Å²) in [5.74, 6) is 0. The predicted molar refractivity (Wildman–Crippen MR) is 77.9 cm³/mol. The highest BCUT2D eigenvalue weighted by Crippen LogP contribution is 2.19. The molecule has 1 aromatic carbocycles. The monoisotopic (exact) mass is 246 g/mol. The molecule has 1 saturated heterocycles. The SMILES string of the molecule is Cc1ccc(CCN2CCC(C)(N)CC2)c(C)c1. The molecule has 2 nitrogen and oxygen atoms in total. The molecule has 0 amide bonds. The summed E-state index contributed by atoms with van der Waals surface area (Å²) in [5.41, 5.74) is 10.5. The zero-order valence-electron chi connectivity index (χ0n) is 12.0. The van der Waals surface area contributed by atoms with Gasteiger partial charge in [-0.05, 0) is 64.3 Å². The molecule has 0 aromatic heterocycles. The zero-order valence-corrected chi connectivity index (χ0v) is 12.0. The van der Waals surface area contributed by atoms with Crippen LogP contribution in [-0.4, -0.2) is 30.1 Å². The minimum atomic E-state index is 0.0657. The summed E-state index contributed by atoms with van der Waals surface area (Å²) in [6, 6.07) is 6.78. The van der Waals surface area contributed by atoms with Gasteiger partial charge in [0, 0.05) is 12.1 Å². The van der Waals surface area contributed by atoms with Crippen molar-refractivity contribution in [2.45, 2.75) is 45.6 Å². The van der Waals surface area contributed by atoms with Crippen molar-refractivity contribution in [3.05, 3.63) is 34.9 Å². The van der Waals surface area contributed by atoms with Crippen molar-refractivity contribution >= 4 is 0 Å². The second-order valence-corrected chi connectivity index (χ2v) is 6.18. The van der Waals surface area contributed by atoms with Crippen LogP contribution >= 0.6 is 0 Å². The summed E-state index contributed by atoms with van der Waals surface area (Å²) >= 11 is 0. The Labute approximate surface area is 111 Å². The Kier molecular flexibility index (Phi) is 4.08. The van der Waals surface area contributed by atoms with Gasteiger partial charge in [0.05, 0.1) is 0 Å². The molecule has 0 radical (unpaired) electrons. The fourth-order valence-corrected chi connectivity index (χ4v) is 2.69. The van der Waals surface area contributed by atoms with Crippen molar-refractivity contribution in [1.29, 1.82) is 0 Å². The van der Waals surface area contributed by atoms with Crippen molar-refractivity contribution in [1.82, 2.24) is 4.90 Å². The molecular weight excluding hydrogens is 220 g/mol. The molecular formula is C16H26N2. The first kappa shape index (κ1) is 13.6. The lowest BCUT2D eigenvalue weighted by molar-refractivity contribution is 0.173. The Hall–Kier alpha value is -0.860. The number of nitrogens with zero attached hydrogens (tertiary/aromatic N) is 1. The van der Waals surface area contributed by atoms with Crippen LogP contribution < -0.4 is 5.73 Å². The molecule has 2 rings (SSSR count). The average molecular weight is 246 g/mol. The molecule has 1 aliphatic heterocycles. The van der Waals surface area contributed by atoms with Crippen LogP contribution in [0.3, 0.4) is 0 Å². The van der Waals surface area contributed by atoms with E-state index in [1.807, 2.05) is 0 Å². The number of hydrogen-bond acceptors (Lipinski definition) is 2. The number of rotatable bonds is 3. The molecule has 2 heteroatoms. The number of hydrogen-bond donors (Lipinski definition) is 1. The van der Waals surface area contributed by atoms with Gasteiger partial charge < -0.3 is 10.6 Å². The Morgan fingerprint density at radius 3 is 2.50 bits per heavy atom. The second kappa shape index (κ2) is 5.41. The zero-order chi connectivity index (χ0) is 13.2. The molecule has 1 aliphatic rings. The quantitative estimate of drug-likeness (QED) is 0.888. The van der Waals surface area contributed by atoms with Gasteiger partial charge in [-0.1, -0.05) is 23.8 Å². The van der Waals surface area contributed by atoms with E-state index < -0.39 is 0 Å². The summed E-state index contributed by atoms with van der Waals surface area (Å²) in [6.45, 7) is 10.0. The van der Waals surface area contributed by atoms with E-state index in [-0.39, 0.29) is 5.54 Å². The van der Waals surface area contributed by atoms with E-state index in [2.05, 4.69) is 43.9 Å². The van der Waals surface area contributed by atoms with Gasteiger partial charge in [0.2, 0.25) is 0 Å². The van der Waals surface area contributed by atoms with E-state index in [0.717, 1.165) is 32.4 Å². The first-order valence-corrected chi connectivity index (χ1v) is 7.04. The van der Waals surface area contributed by atoms with Gasteiger partial charge in [-0.2, -0.15) is 0 Å². The highest BCUT2D eigenvalue weighted by molar-refractivity contribution is 5.30. The van der Waals surface area contributed by atoms with E-state index in [4.69, 9.17) is 5.73 Å². The topological polar surface area (TPSA) is 29.3 Å². The molecule has 1 heterocycles. The van der Waals surface area contributed by atoms with Crippen molar-refractivity contribution in [3.63, 3.8) is 0 Å². The Morgan fingerprint density at radius 2 is 1.89 bits per heavy atom. The largest absolute Gasteiger partial charge is 0.325 e. The maximum atomic E-state index is 6.16. The third-order valence-electron chi connectivity index (χ3n) is 4.19. The summed E-state index contributed by atoms with van der Waals surface area (Å²) < 4.78 is 0. The van der Waals surface area contributed by atoms with Crippen LogP contribution in [0.1, 0.15) is 36.5 Å². The van der Waals surface area contributed by atoms with E-state index in [1.54, 1.807) is 0 Å². The van der Waals surface area contributed by atoms with Crippen LogP contribution in [-0.2, 0) is 6.42 Å². The van der Waals surface area contributed by atoms with E-state index >= 15 is 0 Å². The lowest BCUT2D eigenvalue weighted by Gasteiger charge is -2.36. The molecule has 2 N–H and O–H groups in total. The molecule has 1 fully saturated rings. The molecule has 0 aliphatic carbocycles. The van der Waals surface area contributed by atoms with Gasteiger partial charge in [0.15, 0.2) is 0 Å². The highest BCUT2D eigenvalue weighted by Gasteiger charge is 2.25. The third-order valence-corrected chi connectivity index (χ3v) is 4.19. The summed E-state index contributed by atoms with van der Waals surface area (Å²) in [7, 11) is 0. The van der Waals surface area contributed by atoms with Crippen LogP contribution in [0.4, 0.5) is 0 Å². The van der Waals surface area contributed by atoms with Crippen molar-refractivity contribution in [2.24, 2.45) is 5.73 Å². The lowest BCUT2D eigenvalue weighted by atomic mass is 9.91. The molecule has 0 bridgehead atoms. The fraction of sp³-hybridized carbons (Fsp3) is 0.625. The van der Waals surface area contributed by atoms with Crippen molar-refractivity contribution < 1.29 is 0 Å². The standard InChI is InChI=1S/C16H26N2/c1-13-4-5-15(14(2)12-13)6-9-18-10-7-16(3,17)8-11-18/h4-5,12H,6-11,17H2,1-3H3. The van der Waals surface area contributed by atoms with Crippen LogP contribution in [0.2, 0.25) is 0 Å². The minimum absolute atomic E-state index is 0.0657. The first-order valence-electron chi connectivity index (χ1n) is 7.04. The van der Waals surface area contributed by atoms with Gasteiger partial charge >= 0.3 is 0 Å². The van der Waals surface area contributed by atoms with Crippen molar-refractivity contribution in [3.8, 4) is 0 Å². The van der Waals surface area contributed by atoms with E-state index in [1.165, 1.54) is 23.2 Å². The summed E-state index contributed by atoms with van der Waals surface area (Å²) in [6.07, 6.45) is 3.41. The Morgan fingerprint density at radius 1 is 1.22 bits per heavy atom. The molecule has 0 atom stereocenters. The normalized spacial score (nSPS) is 20.0. The van der Waals surface area contributed by atoms with Crippen LogP contribution in [0.15, 0.2) is 18.2 Å². The second-order valence-electron chi connectivity index (χ2n) is 6.18. The molecule has 0 unspecified atom stereocenters. The van der Waals surface area contributed by atoms with E-state index in [0.29, 0.717) is 0 Å². The Bertz CT molecular complexity index is 400. The number of nitrogens with two attached hydrogens (primary N) is 1. The highest BCUT2D eigenvalue weighted by atomic mass is 15.1. The van der Waals surface area contributed by atoms with Gasteiger partial charge in [-0.25, -0.2) is 0 Å². The lowest BCUT2D eigenvalue weighted by Crippen LogP contribution is -2.48.